The highest BCUT2D eigenvalue weighted by Crippen LogP contribution is 2.35. The van der Waals surface area contributed by atoms with Crippen molar-refractivity contribution < 1.29 is 4.79 Å². The van der Waals surface area contributed by atoms with Crippen LogP contribution in [0.5, 0.6) is 0 Å². The summed E-state index contributed by atoms with van der Waals surface area (Å²) < 4.78 is 0. The van der Waals surface area contributed by atoms with E-state index in [4.69, 9.17) is 5.73 Å². The number of aromatic nitrogens is 1. The standard InChI is InChI=1S/C16H27N3OS/c1-5-14-18-10(2)15(21-14)11(3)19(4)16(20)13-8-6-7-12(13)9-17/h11-13H,5-9,17H2,1-4H3/t11?,12-,13-/m1/s1. The minimum absolute atomic E-state index is 0.0920. The van der Waals surface area contributed by atoms with Crippen LogP contribution in [0.4, 0.5) is 0 Å². The van der Waals surface area contributed by atoms with E-state index >= 15 is 0 Å². The van der Waals surface area contributed by atoms with E-state index < -0.39 is 0 Å². The Morgan fingerprint density at radius 1 is 1.52 bits per heavy atom. The van der Waals surface area contributed by atoms with Gasteiger partial charge in [-0.3, -0.25) is 4.79 Å². The fourth-order valence-electron chi connectivity index (χ4n) is 3.28. The molecule has 2 rings (SSSR count). The third-order valence-corrected chi connectivity index (χ3v) is 6.24. The molecule has 2 N–H and O–H groups in total. The van der Waals surface area contributed by atoms with E-state index in [9.17, 15) is 4.79 Å². The van der Waals surface area contributed by atoms with Gasteiger partial charge in [-0.25, -0.2) is 4.98 Å². The van der Waals surface area contributed by atoms with Crippen LogP contribution < -0.4 is 5.73 Å². The fourth-order valence-corrected chi connectivity index (χ4v) is 4.38. The molecule has 0 spiro atoms. The second-order valence-corrected chi connectivity index (χ2v) is 7.18. The van der Waals surface area contributed by atoms with Crippen molar-refractivity contribution in [1.82, 2.24) is 9.88 Å². The van der Waals surface area contributed by atoms with E-state index in [0.717, 1.165) is 36.4 Å². The molecular weight excluding hydrogens is 282 g/mol. The SMILES string of the molecule is CCc1nc(C)c(C(C)N(C)C(=O)[C@@H]2CCC[C@@H]2CN)s1. The normalized spacial score (nSPS) is 23.3. The molecule has 1 fully saturated rings. The Morgan fingerprint density at radius 3 is 2.81 bits per heavy atom. The molecule has 21 heavy (non-hydrogen) atoms. The Morgan fingerprint density at radius 2 is 2.24 bits per heavy atom. The largest absolute Gasteiger partial charge is 0.338 e. The predicted molar refractivity (Wildman–Crippen MR) is 87.3 cm³/mol. The Kier molecular flexibility index (Phi) is 5.38. The minimum atomic E-state index is 0.0920. The summed E-state index contributed by atoms with van der Waals surface area (Å²) in [6.07, 6.45) is 4.15. The number of aryl methyl sites for hydroxylation is 2. The third-order valence-electron chi connectivity index (χ3n) is 4.77. The lowest BCUT2D eigenvalue weighted by molar-refractivity contribution is -0.137. The number of carbonyl (C=O) groups is 1. The predicted octanol–water partition coefficient (Wildman–Crippen LogP) is 2.91. The van der Waals surface area contributed by atoms with Gasteiger partial charge in [0.1, 0.15) is 0 Å². The van der Waals surface area contributed by atoms with Crippen molar-refractivity contribution in [1.29, 1.82) is 0 Å². The molecule has 4 nitrogen and oxygen atoms in total. The lowest BCUT2D eigenvalue weighted by atomic mass is 9.94. The lowest BCUT2D eigenvalue weighted by Gasteiger charge is -2.29. The van der Waals surface area contributed by atoms with Crippen LogP contribution in [0.3, 0.4) is 0 Å². The van der Waals surface area contributed by atoms with E-state index in [1.807, 2.05) is 18.9 Å². The average molecular weight is 309 g/mol. The second kappa shape index (κ2) is 6.88. The molecule has 1 heterocycles. The number of nitrogens with zero attached hydrogens (tertiary/aromatic N) is 2. The van der Waals surface area contributed by atoms with Crippen molar-refractivity contribution in [2.75, 3.05) is 13.6 Å². The molecule has 5 heteroatoms. The van der Waals surface area contributed by atoms with Crippen molar-refractivity contribution >= 4 is 17.2 Å². The summed E-state index contributed by atoms with van der Waals surface area (Å²) in [7, 11) is 1.92. The Hall–Kier alpha value is -0.940. The topological polar surface area (TPSA) is 59.2 Å². The van der Waals surface area contributed by atoms with Gasteiger partial charge in [-0.15, -0.1) is 11.3 Å². The highest BCUT2D eigenvalue weighted by molar-refractivity contribution is 7.11. The van der Waals surface area contributed by atoms with Gasteiger partial charge < -0.3 is 10.6 Å². The third kappa shape index (κ3) is 3.29. The lowest BCUT2D eigenvalue weighted by Crippen LogP contribution is -2.38. The number of hydrogen-bond acceptors (Lipinski definition) is 4. The van der Waals surface area contributed by atoms with Gasteiger partial charge >= 0.3 is 0 Å². The molecule has 1 amide bonds. The van der Waals surface area contributed by atoms with E-state index in [0.29, 0.717) is 12.5 Å². The fraction of sp³-hybridized carbons (Fsp3) is 0.750. The van der Waals surface area contributed by atoms with Gasteiger partial charge in [0.15, 0.2) is 0 Å². The monoisotopic (exact) mass is 309 g/mol. The molecule has 118 valence electrons. The molecule has 1 aliphatic carbocycles. The first kappa shape index (κ1) is 16.4. The maximum absolute atomic E-state index is 12.8. The minimum Gasteiger partial charge on any atom is -0.338 e. The Balaban J connectivity index is 2.12. The molecule has 1 aliphatic rings. The molecule has 1 aromatic rings. The molecule has 0 bridgehead atoms. The van der Waals surface area contributed by atoms with Gasteiger partial charge in [0.2, 0.25) is 5.91 Å². The van der Waals surface area contributed by atoms with Gasteiger partial charge in [-0.2, -0.15) is 0 Å². The highest BCUT2D eigenvalue weighted by Gasteiger charge is 2.35. The van der Waals surface area contributed by atoms with Crippen molar-refractivity contribution in [2.24, 2.45) is 17.6 Å². The van der Waals surface area contributed by atoms with Crippen LogP contribution in [0.15, 0.2) is 0 Å². The Bertz CT molecular complexity index is 500. The summed E-state index contributed by atoms with van der Waals surface area (Å²) in [6.45, 7) is 6.88. The molecule has 0 saturated heterocycles. The molecule has 1 saturated carbocycles. The molecule has 1 aromatic heterocycles. The molecule has 0 radical (unpaired) electrons. The van der Waals surface area contributed by atoms with E-state index in [-0.39, 0.29) is 17.9 Å². The highest BCUT2D eigenvalue weighted by atomic mass is 32.1. The first-order valence-electron chi connectivity index (χ1n) is 7.92. The first-order valence-corrected chi connectivity index (χ1v) is 8.74. The second-order valence-electron chi connectivity index (χ2n) is 6.07. The van der Waals surface area contributed by atoms with Crippen LogP contribution >= 0.6 is 11.3 Å². The van der Waals surface area contributed by atoms with Crippen LogP contribution in [0, 0.1) is 18.8 Å². The van der Waals surface area contributed by atoms with Crippen LogP contribution in [-0.2, 0) is 11.2 Å². The summed E-state index contributed by atoms with van der Waals surface area (Å²) in [5.41, 5.74) is 6.88. The van der Waals surface area contributed by atoms with Crippen molar-refractivity contribution in [3.05, 3.63) is 15.6 Å². The average Bonchev–Trinajstić information content (AvgIpc) is 3.10. The zero-order valence-corrected chi connectivity index (χ0v) is 14.4. The zero-order chi connectivity index (χ0) is 15.6. The molecule has 1 unspecified atom stereocenters. The summed E-state index contributed by atoms with van der Waals surface area (Å²) in [4.78, 5) is 20.5. The van der Waals surface area contributed by atoms with Crippen LogP contribution in [0.1, 0.15) is 54.7 Å². The first-order chi connectivity index (χ1) is 9.99. The summed E-state index contributed by atoms with van der Waals surface area (Å²) >= 11 is 1.73. The number of rotatable bonds is 5. The van der Waals surface area contributed by atoms with E-state index in [2.05, 4.69) is 18.8 Å². The van der Waals surface area contributed by atoms with Crippen LogP contribution in [0.2, 0.25) is 0 Å². The zero-order valence-electron chi connectivity index (χ0n) is 13.6. The van der Waals surface area contributed by atoms with Gasteiger partial charge in [-0.05, 0) is 45.6 Å². The van der Waals surface area contributed by atoms with Crippen molar-refractivity contribution in [3.8, 4) is 0 Å². The van der Waals surface area contributed by atoms with Gasteiger partial charge in [0.05, 0.1) is 16.7 Å². The van der Waals surface area contributed by atoms with E-state index in [1.165, 1.54) is 4.88 Å². The Labute approximate surface area is 131 Å². The number of thiazole rings is 1. The van der Waals surface area contributed by atoms with Gasteiger partial charge in [0.25, 0.3) is 0 Å². The quantitative estimate of drug-likeness (QED) is 0.910. The molecular formula is C16H27N3OS. The van der Waals surface area contributed by atoms with Gasteiger partial charge in [-0.1, -0.05) is 13.3 Å². The maximum atomic E-state index is 12.8. The summed E-state index contributed by atoms with van der Waals surface area (Å²) in [5.74, 6) is 0.725. The number of carbonyl (C=O) groups excluding carboxylic acids is 1. The smallest absolute Gasteiger partial charge is 0.226 e. The van der Waals surface area contributed by atoms with E-state index in [1.54, 1.807) is 11.3 Å². The van der Waals surface area contributed by atoms with Gasteiger partial charge in [0, 0.05) is 17.8 Å². The summed E-state index contributed by atoms with van der Waals surface area (Å²) in [5, 5.41) is 1.15. The number of hydrogen-bond donors (Lipinski definition) is 1. The molecule has 0 aromatic carbocycles. The maximum Gasteiger partial charge on any atom is 0.226 e. The van der Waals surface area contributed by atoms with Crippen molar-refractivity contribution in [2.45, 2.75) is 52.5 Å². The number of nitrogens with two attached hydrogens (primary N) is 1. The van der Waals surface area contributed by atoms with Crippen molar-refractivity contribution in [3.63, 3.8) is 0 Å². The van der Waals surface area contributed by atoms with Crippen LogP contribution in [0.25, 0.3) is 0 Å². The molecule has 3 atom stereocenters. The van der Waals surface area contributed by atoms with Crippen LogP contribution in [-0.4, -0.2) is 29.4 Å². The number of amides is 1. The summed E-state index contributed by atoms with van der Waals surface area (Å²) in [6, 6.07) is 0.0920. The molecule has 0 aliphatic heterocycles.